The van der Waals surface area contributed by atoms with Crippen molar-refractivity contribution < 1.29 is 19.1 Å². The van der Waals surface area contributed by atoms with Crippen LogP contribution >= 0.6 is 0 Å². The second-order valence-corrected chi connectivity index (χ2v) is 7.58. The molecular weight excluding hydrogens is 358 g/mol. The number of nitrogens with one attached hydrogen (secondary N) is 1. The summed E-state index contributed by atoms with van der Waals surface area (Å²) in [6.07, 6.45) is 0.371. The van der Waals surface area contributed by atoms with Gasteiger partial charge in [-0.05, 0) is 38.0 Å². The van der Waals surface area contributed by atoms with E-state index in [1.807, 2.05) is 50.2 Å². The summed E-state index contributed by atoms with van der Waals surface area (Å²) in [4.78, 5) is 42.4. The number of imide groups is 1. The molecule has 28 heavy (non-hydrogen) atoms. The first-order chi connectivity index (χ1) is 13.3. The predicted octanol–water partition coefficient (Wildman–Crippen LogP) is 1.73. The van der Waals surface area contributed by atoms with Gasteiger partial charge in [0.2, 0.25) is 11.8 Å². The molecule has 2 fully saturated rings. The molecule has 0 saturated carbocycles. The van der Waals surface area contributed by atoms with Gasteiger partial charge in [0.15, 0.2) is 0 Å². The number of carbonyl (C=O) groups is 3. The Morgan fingerprint density at radius 2 is 1.79 bits per heavy atom. The number of fused-ring (bicyclic) bond motifs is 1. The summed E-state index contributed by atoms with van der Waals surface area (Å²) < 4.78 is 5.33. The fourth-order valence-corrected chi connectivity index (χ4v) is 4.56. The van der Waals surface area contributed by atoms with Gasteiger partial charge in [0, 0.05) is 32.4 Å². The maximum absolute atomic E-state index is 13.1. The second-order valence-electron chi connectivity index (χ2n) is 7.58. The van der Waals surface area contributed by atoms with Crippen LogP contribution in [0.4, 0.5) is 5.69 Å². The van der Waals surface area contributed by atoms with E-state index in [1.165, 1.54) is 4.90 Å². The Kier molecular flexibility index (Phi) is 5.48. The van der Waals surface area contributed by atoms with Crippen LogP contribution in [0.5, 0.6) is 0 Å². The monoisotopic (exact) mass is 387 g/mol. The first-order valence-electron chi connectivity index (χ1n) is 9.89. The van der Waals surface area contributed by atoms with Crippen molar-refractivity contribution in [1.82, 2.24) is 10.2 Å². The van der Waals surface area contributed by atoms with Crippen LogP contribution in [-0.4, -0.2) is 55.5 Å². The fraction of sp³-hybridized carbons (Fsp3) is 0.571. The molecule has 4 atom stereocenters. The van der Waals surface area contributed by atoms with Crippen LogP contribution in [0.2, 0.25) is 0 Å². The SMILES string of the molecule is CCOC(=O)[C@]1(CC)N[C@H](c2ccc(N(C)C)cc2)[C@@H]2C(=O)N(CC)C(=O)[C@H]21. The molecule has 0 radical (unpaired) electrons. The predicted molar refractivity (Wildman–Crippen MR) is 106 cm³/mol. The lowest BCUT2D eigenvalue weighted by atomic mass is 9.78. The van der Waals surface area contributed by atoms with Crippen LogP contribution in [0.15, 0.2) is 24.3 Å². The van der Waals surface area contributed by atoms with Gasteiger partial charge in [-0.25, -0.2) is 0 Å². The van der Waals surface area contributed by atoms with Crippen LogP contribution in [0.1, 0.15) is 38.8 Å². The molecule has 2 amide bonds. The largest absolute Gasteiger partial charge is 0.465 e. The Balaban J connectivity index is 2.08. The number of rotatable bonds is 6. The number of hydrogen-bond donors (Lipinski definition) is 1. The molecule has 7 heteroatoms. The molecule has 2 saturated heterocycles. The third-order valence-corrected chi connectivity index (χ3v) is 6.03. The van der Waals surface area contributed by atoms with E-state index in [0.717, 1.165) is 11.3 Å². The van der Waals surface area contributed by atoms with Gasteiger partial charge in [-0.3, -0.25) is 24.6 Å². The van der Waals surface area contributed by atoms with E-state index in [4.69, 9.17) is 4.74 Å². The van der Waals surface area contributed by atoms with Crippen molar-refractivity contribution in [3.8, 4) is 0 Å². The minimum Gasteiger partial charge on any atom is -0.465 e. The highest BCUT2D eigenvalue weighted by Crippen LogP contribution is 2.50. The second kappa shape index (κ2) is 7.54. The highest BCUT2D eigenvalue weighted by Gasteiger charge is 2.67. The quantitative estimate of drug-likeness (QED) is 0.592. The summed E-state index contributed by atoms with van der Waals surface area (Å²) in [5.41, 5.74) is 0.733. The van der Waals surface area contributed by atoms with Gasteiger partial charge in [0.05, 0.1) is 18.4 Å². The molecule has 152 valence electrons. The lowest BCUT2D eigenvalue weighted by molar-refractivity contribution is -0.156. The first kappa shape index (κ1) is 20.3. The minimum atomic E-state index is -1.19. The third-order valence-electron chi connectivity index (χ3n) is 6.03. The Hall–Kier alpha value is -2.41. The van der Waals surface area contributed by atoms with Crippen LogP contribution in [0.25, 0.3) is 0 Å². The third kappa shape index (κ3) is 2.89. The van der Waals surface area contributed by atoms with Crippen molar-refractivity contribution in [2.24, 2.45) is 11.8 Å². The van der Waals surface area contributed by atoms with E-state index in [0.29, 0.717) is 13.0 Å². The molecule has 2 aliphatic rings. The number of amides is 2. The van der Waals surface area contributed by atoms with Crippen LogP contribution < -0.4 is 10.2 Å². The highest BCUT2D eigenvalue weighted by atomic mass is 16.5. The molecule has 0 aliphatic carbocycles. The number of ether oxygens (including phenoxy) is 1. The van der Waals surface area contributed by atoms with E-state index in [2.05, 4.69) is 5.32 Å². The molecule has 0 bridgehead atoms. The molecule has 2 aliphatic heterocycles. The van der Waals surface area contributed by atoms with Gasteiger partial charge in [0.25, 0.3) is 0 Å². The first-order valence-corrected chi connectivity index (χ1v) is 9.89. The molecular formula is C21H29N3O4. The van der Waals surface area contributed by atoms with Crippen LogP contribution in [0, 0.1) is 11.8 Å². The van der Waals surface area contributed by atoms with E-state index in [1.54, 1.807) is 13.8 Å². The lowest BCUT2D eigenvalue weighted by Gasteiger charge is -2.31. The maximum atomic E-state index is 13.1. The molecule has 1 aromatic carbocycles. The van der Waals surface area contributed by atoms with Crippen molar-refractivity contribution >= 4 is 23.5 Å². The van der Waals surface area contributed by atoms with Gasteiger partial charge in [0.1, 0.15) is 5.54 Å². The number of nitrogens with zero attached hydrogens (tertiary/aromatic N) is 2. The summed E-state index contributed by atoms with van der Waals surface area (Å²) in [5.74, 6) is -2.32. The number of carbonyl (C=O) groups excluding carboxylic acids is 3. The molecule has 1 aromatic rings. The Morgan fingerprint density at radius 3 is 2.29 bits per heavy atom. The zero-order valence-corrected chi connectivity index (χ0v) is 17.2. The fourth-order valence-electron chi connectivity index (χ4n) is 4.56. The van der Waals surface area contributed by atoms with Crippen molar-refractivity contribution in [3.05, 3.63) is 29.8 Å². The lowest BCUT2D eigenvalue weighted by Crippen LogP contribution is -2.56. The van der Waals surface area contributed by atoms with Crippen molar-refractivity contribution in [2.75, 3.05) is 32.1 Å². The Morgan fingerprint density at radius 1 is 1.14 bits per heavy atom. The Labute approximate surface area is 166 Å². The zero-order valence-electron chi connectivity index (χ0n) is 17.2. The average molecular weight is 387 g/mol. The van der Waals surface area contributed by atoms with Gasteiger partial charge in [-0.15, -0.1) is 0 Å². The van der Waals surface area contributed by atoms with Gasteiger partial charge in [-0.1, -0.05) is 19.1 Å². The topological polar surface area (TPSA) is 79.0 Å². The summed E-state index contributed by atoms with van der Waals surface area (Å²) in [6, 6.07) is 7.43. The van der Waals surface area contributed by atoms with Crippen molar-refractivity contribution in [1.29, 1.82) is 0 Å². The Bertz CT molecular complexity index is 776. The zero-order chi connectivity index (χ0) is 20.6. The van der Waals surface area contributed by atoms with Gasteiger partial charge in [-0.2, -0.15) is 0 Å². The van der Waals surface area contributed by atoms with E-state index in [9.17, 15) is 14.4 Å². The molecule has 0 spiro atoms. The molecule has 0 aromatic heterocycles. The maximum Gasteiger partial charge on any atom is 0.327 e. The van der Waals surface area contributed by atoms with E-state index >= 15 is 0 Å². The smallest absolute Gasteiger partial charge is 0.327 e. The number of likely N-dealkylation sites (tertiary alicyclic amines) is 1. The summed E-state index contributed by atoms with van der Waals surface area (Å²) in [6.45, 7) is 5.90. The van der Waals surface area contributed by atoms with Gasteiger partial charge < -0.3 is 9.64 Å². The number of benzene rings is 1. The number of esters is 1. The molecule has 7 nitrogen and oxygen atoms in total. The highest BCUT2D eigenvalue weighted by molar-refractivity contribution is 6.09. The molecule has 2 heterocycles. The summed E-state index contributed by atoms with van der Waals surface area (Å²) in [7, 11) is 3.92. The number of hydrogen-bond acceptors (Lipinski definition) is 6. The molecule has 1 N–H and O–H groups in total. The number of anilines is 1. The molecule has 3 rings (SSSR count). The van der Waals surface area contributed by atoms with Crippen molar-refractivity contribution in [2.45, 2.75) is 38.8 Å². The molecule has 0 unspecified atom stereocenters. The van der Waals surface area contributed by atoms with E-state index < -0.39 is 29.4 Å². The van der Waals surface area contributed by atoms with Crippen LogP contribution in [-0.2, 0) is 19.1 Å². The normalized spacial score (nSPS) is 29.2. The van der Waals surface area contributed by atoms with Crippen LogP contribution in [0.3, 0.4) is 0 Å². The minimum absolute atomic E-state index is 0.216. The van der Waals surface area contributed by atoms with Crippen molar-refractivity contribution in [3.63, 3.8) is 0 Å². The van der Waals surface area contributed by atoms with E-state index in [-0.39, 0.29) is 18.4 Å². The van der Waals surface area contributed by atoms with Gasteiger partial charge >= 0.3 is 5.97 Å². The summed E-state index contributed by atoms with van der Waals surface area (Å²) >= 11 is 0. The standard InChI is InChI=1S/C21H29N3O4/c1-6-21(20(27)28-8-3)16-15(18(25)24(7-2)19(16)26)17(22-21)13-9-11-14(12-10-13)23(4)5/h9-12,15-17,22H,6-8H2,1-5H3/t15-,16+,17-,21-/m1/s1. The average Bonchev–Trinajstić information content (AvgIpc) is 3.16. The summed E-state index contributed by atoms with van der Waals surface area (Å²) in [5, 5.41) is 3.35.